The fraction of sp³-hybridized carbons (Fsp3) is 0.0556. The van der Waals surface area contributed by atoms with Gasteiger partial charge in [-0.1, -0.05) is 59.2 Å². The van der Waals surface area contributed by atoms with Crippen LogP contribution >= 0.6 is 35.0 Å². The minimum Gasteiger partial charge on any atom is -0.369 e. The van der Waals surface area contributed by atoms with Crippen molar-refractivity contribution in [3.05, 3.63) is 82.0 Å². The Morgan fingerprint density at radius 1 is 0.920 bits per heavy atom. The van der Waals surface area contributed by atoms with Gasteiger partial charge in [0.1, 0.15) is 10.9 Å². The Hall–Kier alpha value is -2.08. The Kier molecular flexibility index (Phi) is 5.58. The third-order valence-electron chi connectivity index (χ3n) is 3.49. The number of carbonyl (C=O) groups is 1. The van der Waals surface area contributed by atoms with Crippen LogP contribution in [0.4, 0.5) is 0 Å². The van der Waals surface area contributed by atoms with E-state index in [-0.39, 0.29) is 0 Å². The molecule has 0 bridgehead atoms. The molecule has 0 aliphatic rings. The number of amides is 1. The molecule has 0 aliphatic carbocycles. The minimum atomic E-state index is -0.857. The number of aromatic nitrogens is 2. The third kappa shape index (κ3) is 4.12. The zero-order valence-corrected chi connectivity index (χ0v) is 15.2. The molecule has 3 aromatic rings. The molecule has 2 N–H and O–H groups in total. The Morgan fingerprint density at radius 3 is 2.16 bits per heavy atom. The maximum atomic E-state index is 12.0. The van der Waals surface area contributed by atoms with Gasteiger partial charge < -0.3 is 5.73 Å². The van der Waals surface area contributed by atoms with E-state index in [0.717, 1.165) is 4.90 Å². The van der Waals surface area contributed by atoms with Crippen LogP contribution in [-0.2, 0) is 4.79 Å². The number of carbonyl (C=O) groups excluding carboxylic acids is 1. The molecule has 0 spiro atoms. The van der Waals surface area contributed by atoms with Crippen molar-refractivity contribution in [2.45, 2.75) is 15.8 Å². The molecule has 0 unspecified atom stereocenters. The highest BCUT2D eigenvalue weighted by Crippen LogP contribution is 2.35. The van der Waals surface area contributed by atoms with E-state index in [1.165, 1.54) is 11.8 Å². The number of benzene rings is 2. The molecule has 126 valence electrons. The summed E-state index contributed by atoms with van der Waals surface area (Å²) in [7, 11) is 0. The van der Waals surface area contributed by atoms with Gasteiger partial charge in [-0.25, -0.2) is 0 Å². The van der Waals surface area contributed by atoms with Gasteiger partial charge in [0.2, 0.25) is 5.91 Å². The fourth-order valence-electron chi connectivity index (χ4n) is 2.37. The van der Waals surface area contributed by atoms with Gasteiger partial charge in [0.25, 0.3) is 0 Å². The standard InChI is InChI=1S/C18H13Cl2N3OS/c19-12-7-4-8-13(20)16(12)17(18(21)24)14-9-10-15(23-22-14)25-11-5-2-1-3-6-11/h1-10,17H,(H2,21,24)/t17-/m1/s1. The lowest BCUT2D eigenvalue weighted by Gasteiger charge is -2.16. The van der Waals surface area contributed by atoms with Crippen LogP contribution in [0, 0.1) is 0 Å². The van der Waals surface area contributed by atoms with Crippen LogP contribution in [0.25, 0.3) is 0 Å². The first-order valence-electron chi connectivity index (χ1n) is 7.36. The highest BCUT2D eigenvalue weighted by molar-refractivity contribution is 7.99. The van der Waals surface area contributed by atoms with Crippen molar-refractivity contribution in [1.29, 1.82) is 0 Å². The fourth-order valence-corrected chi connectivity index (χ4v) is 3.74. The highest BCUT2D eigenvalue weighted by atomic mass is 35.5. The van der Waals surface area contributed by atoms with E-state index in [4.69, 9.17) is 28.9 Å². The predicted octanol–water partition coefficient (Wildman–Crippen LogP) is 4.55. The molecule has 2 aromatic carbocycles. The van der Waals surface area contributed by atoms with E-state index in [0.29, 0.717) is 26.3 Å². The lowest BCUT2D eigenvalue weighted by molar-refractivity contribution is -0.118. The predicted molar refractivity (Wildman–Crippen MR) is 100 cm³/mol. The van der Waals surface area contributed by atoms with Gasteiger partial charge in [0, 0.05) is 20.5 Å². The van der Waals surface area contributed by atoms with Gasteiger partial charge in [-0.05, 0) is 36.4 Å². The molecule has 0 fully saturated rings. The van der Waals surface area contributed by atoms with Crippen molar-refractivity contribution in [1.82, 2.24) is 10.2 Å². The van der Waals surface area contributed by atoms with Gasteiger partial charge in [-0.3, -0.25) is 4.79 Å². The van der Waals surface area contributed by atoms with Gasteiger partial charge >= 0.3 is 0 Å². The summed E-state index contributed by atoms with van der Waals surface area (Å²) in [6, 6.07) is 18.3. The molecule has 0 saturated carbocycles. The minimum absolute atomic E-state index is 0.362. The quantitative estimate of drug-likeness (QED) is 0.694. The second kappa shape index (κ2) is 7.87. The van der Waals surface area contributed by atoms with Gasteiger partial charge in [-0.2, -0.15) is 5.10 Å². The maximum absolute atomic E-state index is 12.0. The van der Waals surface area contributed by atoms with Crippen LogP contribution in [0.3, 0.4) is 0 Å². The summed E-state index contributed by atoms with van der Waals surface area (Å²) in [4.78, 5) is 13.1. The van der Waals surface area contributed by atoms with Crippen molar-refractivity contribution < 1.29 is 4.79 Å². The van der Waals surface area contributed by atoms with E-state index in [2.05, 4.69) is 10.2 Å². The third-order valence-corrected chi connectivity index (χ3v) is 5.09. The maximum Gasteiger partial charge on any atom is 0.231 e. The topological polar surface area (TPSA) is 68.9 Å². The summed E-state index contributed by atoms with van der Waals surface area (Å²) in [5, 5.41) is 9.78. The smallest absolute Gasteiger partial charge is 0.231 e. The molecule has 1 amide bonds. The Labute approximate surface area is 159 Å². The van der Waals surface area contributed by atoms with E-state index in [9.17, 15) is 4.79 Å². The van der Waals surface area contributed by atoms with Crippen molar-refractivity contribution in [3.8, 4) is 0 Å². The molecule has 25 heavy (non-hydrogen) atoms. The van der Waals surface area contributed by atoms with Crippen molar-refractivity contribution in [2.75, 3.05) is 0 Å². The van der Waals surface area contributed by atoms with Crippen LogP contribution in [0.2, 0.25) is 10.0 Å². The number of nitrogens with two attached hydrogens (primary N) is 1. The molecule has 7 heteroatoms. The van der Waals surface area contributed by atoms with Crippen LogP contribution in [0.1, 0.15) is 17.2 Å². The number of hydrogen-bond donors (Lipinski definition) is 1. The first kappa shape index (κ1) is 17.7. The largest absolute Gasteiger partial charge is 0.369 e. The molecule has 4 nitrogen and oxygen atoms in total. The summed E-state index contributed by atoms with van der Waals surface area (Å²) in [5.41, 5.74) is 6.41. The van der Waals surface area contributed by atoms with E-state index in [1.54, 1.807) is 30.3 Å². The number of primary amides is 1. The average molecular weight is 390 g/mol. The average Bonchev–Trinajstić information content (AvgIpc) is 2.60. The monoisotopic (exact) mass is 389 g/mol. The first-order chi connectivity index (χ1) is 12.1. The van der Waals surface area contributed by atoms with E-state index < -0.39 is 11.8 Å². The van der Waals surface area contributed by atoms with Gasteiger partial charge in [-0.15, -0.1) is 5.10 Å². The van der Waals surface area contributed by atoms with Crippen LogP contribution < -0.4 is 5.73 Å². The summed E-state index contributed by atoms with van der Waals surface area (Å²) in [5.74, 6) is -1.45. The van der Waals surface area contributed by atoms with Crippen LogP contribution in [-0.4, -0.2) is 16.1 Å². The second-order valence-electron chi connectivity index (χ2n) is 5.18. The lowest BCUT2D eigenvalue weighted by Crippen LogP contribution is -2.24. The molecule has 0 saturated heterocycles. The second-order valence-corrected chi connectivity index (χ2v) is 7.09. The Bertz CT molecular complexity index is 868. The van der Waals surface area contributed by atoms with Crippen molar-refractivity contribution >= 4 is 40.9 Å². The lowest BCUT2D eigenvalue weighted by atomic mass is 9.94. The summed E-state index contributed by atoms with van der Waals surface area (Å²) in [6.07, 6.45) is 0. The molecule has 1 atom stereocenters. The number of nitrogens with zero attached hydrogens (tertiary/aromatic N) is 2. The van der Waals surface area contributed by atoms with Crippen LogP contribution in [0.15, 0.2) is 70.6 Å². The van der Waals surface area contributed by atoms with E-state index >= 15 is 0 Å². The molecule has 0 aliphatic heterocycles. The molecular weight excluding hydrogens is 377 g/mol. The normalized spacial score (nSPS) is 11.9. The van der Waals surface area contributed by atoms with Crippen molar-refractivity contribution in [3.63, 3.8) is 0 Å². The first-order valence-corrected chi connectivity index (χ1v) is 8.93. The number of rotatable bonds is 5. The zero-order chi connectivity index (χ0) is 17.8. The number of halogens is 2. The molecule has 3 rings (SSSR count). The molecule has 1 heterocycles. The SMILES string of the molecule is NC(=O)[C@H](c1ccc(Sc2ccccc2)nn1)c1c(Cl)cccc1Cl. The highest BCUT2D eigenvalue weighted by Gasteiger charge is 2.27. The molecular formula is C18H13Cl2N3OS. The molecule has 0 radical (unpaired) electrons. The van der Waals surface area contributed by atoms with Crippen LogP contribution in [0.5, 0.6) is 0 Å². The zero-order valence-electron chi connectivity index (χ0n) is 12.9. The summed E-state index contributed by atoms with van der Waals surface area (Å²) < 4.78 is 0. The summed E-state index contributed by atoms with van der Waals surface area (Å²) in [6.45, 7) is 0. The Balaban J connectivity index is 1.92. The summed E-state index contributed by atoms with van der Waals surface area (Å²) >= 11 is 13.9. The number of hydrogen-bond acceptors (Lipinski definition) is 4. The Morgan fingerprint density at radius 2 is 1.60 bits per heavy atom. The molecule has 1 aromatic heterocycles. The van der Waals surface area contributed by atoms with Gasteiger partial charge in [0.05, 0.1) is 5.69 Å². The van der Waals surface area contributed by atoms with Gasteiger partial charge in [0.15, 0.2) is 0 Å². The van der Waals surface area contributed by atoms with Crippen molar-refractivity contribution in [2.24, 2.45) is 5.73 Å². The van der Waals surface area contributed by atoms with E-state index in [1.807, 2.05) is 30.3 Å².